The van der Waals surface area contributed by atoms with Gasteiger partial charge in [-0.1, -0.05) is 6.07 Å². The number of carbonyl (C=O) groups is 2. The predicted octanol–water partition coefficient (Wildman–Crippen LogP) is -0.285. The van der Waals surface area contributed by atoms with Gasteiger partial charge >= 0.3 is 0 Å². The highest BCUT2D eigenvalue weighted by atomic mass is 16.2. The zero-order chi connectivity index (χ0) is 16.4. The Labute approximate surface area is 135 Å². The molecule has 3 rings (SSSR count). The smallest absolute Gasteiger partial charge is 0.235 e. The number of anilines is 1. The van der Waals surface area contributed by atoms with Crippen LogP contribution in [-0.4, -0.2) is 54.9 Å². The Bertz CT molecular complexity index is 606. The quantitative estimate of drug-likeness (QED) is 0.729. The summed E-state index contributed by atoms with van der Waals surface area (Å²) in [4.78, 5) is 32.6. The molecular formula is C16H23N5O2. The molecular weight excluding hydrogens is 294 g/mol. The Kier molecular flexibility index (Phi) is 4.21. The lowest BCUT2D eigenvalue weighted by Gasteiger charge is -2.34. The van der Waals surface area contributed by atoms with Crippen molar-refractivity contribution in [3.05, 3.63) is 23.9 Å². The molecule has 0 spiro atoms. The monoisotopic (exact) mass is 317 g/mol. The minimum absolute atomic E-state index is 0.266. The molecule has 2 amide bonds. The van der Waals surface area contributed by atoms with Crippen molar-refractivity contribution in [1.82, 2.24) is 15.2 Å². The summed E-state index contributed by atoms with van der Waals surface area (Å²) in [7, 11) is 2.11. The number of piperazine rings is 1. The molecule has 0 unspecified atom stereocenters. The number of nitrogens with two attached hydrogens (primary N) is 1. The van der Waals surface area contributed by atoms with Gasteiger partial charge in [0.15, 0.2) is 0 Å². The normalized spacial score (nSPS) is 20.1. The fourth-order valence-electron chi connectivity index (χ4n) is 2.93. The van der Waals surface area contributed by atoms with Crippen LogP contribution >= 0.6 is 0 Å². The van der Waals surface area contributed by atoms with E-state index in [1.807, 2.05) is 12.1 Å². The first-order valence-electron chi connectivity index (χ1n) is 7.98. The summed E-state index contributed by atoms with van der Waals surface area (Å²) < 4.78 is 0. The van der Waals surface area contributed by atoms with E-state index in [0.29, 0.717) is 19.4 Å². The second-order valence-electron chi connectivity index (χ2n) is 6.41. The van der Waals surface area contributed by atoms with E-state index >= 15 is 0 Å². The minimum atomic E-state index is -0.976. The number of nitrogens with one attached hydrogen (secondary N) is 1. The van der Waals surface area contributed by atoms with Crippen molar-refractivity contribution in [2.75, 3.05) is 38.1 Å². The number of hydrogen-bond donors (Lipinski definition) is 2. The number of pyridine rings is 1. The average Bonchev–Trinajstić information content (AvgIpc) is 3.36. The number of rotatable bonds is 5. The standard InChI is InChI=1S/C16H23N5O2/c1-20-7-9-21(10-8-20)13-12(3-2-6-18-13)11-19-15(23)16(4-5-16)14(17)22/h2-3,6H,4-5,7-11H2,1H3,(H2,17,22)(H,19,23). The van der Waals surface area contributed by atoms with Crippen LogP contribution < -0.4 is 16.0 Å². The molecule has 2 fully saturated rings. The zero-order valence-electron chi connectivity index (χ0n) is 13.4. The van der Waals surface area contributed by atoms with Crippen LogP contribution in [0.1, 0.15) is 18.4 Å². The molecule has 1 saturated heterocycles. The molecule has 1 aliphatic carbocycles. The molecule has 124 valence electrons. The summed E-state index contributed by atoms with van der Waals surface area (Å²) in [6.45, 7) is 4.18. The van der Waals surface area contributed by atoms with Crippen LogP contribution in [0.4, 0.5) is 5.82 Å². The number of primary amides is 1. The van der Waals surface area contributed by atoms with Crippen molar-refractivity contribution in [1.29, 1.82) is 0 Å². The van der Waals surface area contributed by atoms with Gasteiger partial charge in [-0.2, -0.15) is 0 Å². The molecule has 7 heteroatoms. The van der Waals surface area contributed by atoms with Gasteiger partial charge in [-0.15, -0.1) is 0 Å². The first kappa shape index (κ1) is 15.7. The maximum atomic E-state index is 12.2. The first-order valence-corrected chi connectivity index (χ1v) is 7.98. The molecule has 0 radical (unpaired) electrons. The van der Waals surface area contributed by atoms with E-state index in [0.717, 1.165) is 37.6 Å². The van der Waals surface area contributed by atoms with Crippen molar-refractivity contribution in [2.24, 2.45) is 11.1 Å². The van der Waals surface area contributed by atoms with E-state index in [9.17, 15) is 9.59 Å². The highest BCUT2D eigenvalue weighted by Gasteiger charge is 2.55. The topological polar surface area (TPSA) is 91.6 Å². The fraction of sp³-hybridized carbons (Fsp3) is 0.562. The lowest BCUT2D eigenvalue weighted by Crippen LogP contribution is -2.45. The van der Waals surface area contributed by atoms with Crippen molar-refractivity contribution < 1.29 is 9.59 Å². The predicted molar refractivity (Wildman–Crippen MR) is 86.7 cm³/mol. The molecule has 0 atom stereocenters. The molecule has 0 aromatic carbocycles. The van der Waals surface area contributed by atoms with Crippen molar-refractivity contribution in [3.8, 4) is 0 Å². The minimum Gasteiger partial charge on any atom is -0.369 e. The summed E-state index contributed by atoms with van der Waals surface area (Å²) in [5.41, 5.74) is 5.33. The van der Waals surface area contributed by atoms with Gasteiger partial charge < -0.3 is 20.9 Å². The second-order valence-corrected chi connectivity index (χ2v) is 6.41. The molecule has 0 bridgehead atoms. The van der Waals surface area contributed by atoms with Crippen LogP contribution in [0.15, 0.2) is 18.3 Å². The van der Waals surface area contributed by atoms with Gasteiger partial charge in [0, 0.05) is 44.5 Å². The van der Waals surface area contributed by atoms with Gasteiger partial charge in [0.25, 0.3) is 0 Å². The molecule has 23 heavy (non-hydrogen) atoms. The SMILES string of the molecule is CN1CCN(c2ncccc2CNC(=O)C2(C(N)=O)CC2)CC1. The van der Waals surface area contributed by atoms with E-state index in [2.05, 4.69) is 27.1 Å². The number of aromatic nitrogens is 1. The van der Waals surface area contributed by atoms with Crippen LogP contribution in [0.25, 0.3) is 0 Å². The Morgan fingerprint density at radius 3 is 2.61 bits per heavy atom. The van der Waals surface area contributed by atoms with E-state index in [1.54, 1.807) is 6.20 Å². The number of carbonyl (C=O) groups excluding carboxylic acids is 2. The maximum absolute atomic E-state index is 12.2. The fourth-order valence-corrected chi connectivity index (χ4v) is 2.93. The number of likely N-dealkylation sites (N-methyl/N-ethyl adjacent to an activating group) is 1. The van der Waals surface area contributed by atoms with Gasteiger partial charge in [-0.05, 0) is 26.0 Å². The second kappa shape index (κ2) is 6.16. The van der Waals surface area contributed by atoms with Crippen molar-refractivity contribution >= 4 is 17.6 Å². The Morgan fingerprint density at radius 1 is 1.30 bits per heavy atom. The van der Waals surface area contributed by atoms with Gasteiger partial charge in [-0.25, -0.2) is 4.98 Å². The van der Waals surface area contributed by atoms with Crippen LogP contribution in [-0.2, 0) is 16.1 Å². The number of hydrogen-bond acceptors (Lipinski definition) is 5. The van der Waals surface area contributed by atoms with Gasteiger partial charge in [0.1, 0.15) is 11.2 Å². The van der Waals surface area contributed by atoms with Gasteiger partial charge in [0.05, 0.1) is 0 Å². The Morgan fingerprint density at radius 2 is 2.00 bits per heavy atom. The van der Waals surface area contributed by atoms with Gasteiger partial charge in [0.2, 0.25) is 11.8 Å². The highest BCUT2D eigenvalue weighted by Crippen LogP contribution is 2.45. The van der Waals surface area contributed by atoms with Crippen LogP contribution in [0.5, 0.6) is 0 Å². The van der Waals surface area contributed by atoms with Crippen molar-refractivity contribution in [3.63, 3.8) is 0 Å². The molecule has 7 nitrogen and oxygen atoms in total. The van der Waals surface area contributed by atoms with E-state index in [4.69, 9.17) is 5.73 Å². The maximum Gasteiger partial charge on any atom is 0.235 e. The molecule has 2 aliphatic rings. The van der Waals surface area contributed by atoms with Crippen LogP contribution in [0, 0.1) is 5.41 Å². The first-order chi connectivity index (χ1) is 11.0. The highest BCUT2D eigenvalue weighted by molar-refractivity contribution is 6.07. The largest absolute Gasteiger partial charge is 0.369 e. The summed E-state index contributed by atoms with van der Waals surface area (Å²) in [5, 5.41) is 2.85. The van der Waals surface area contributed by atoms with E-state index < -0.39 is 11.3 Å². The Balaban J connectivity index is 1.67. The summed E-state index contributed by atoms with van der Waals surface area (Å²) >= 11 is 0. The molecule has 1 aliphatic heterocycles. The number of nitrogens with zero attached hydrogens (tertiary/aromatic N) is 3. The van der Waals surface area contributed by atoms with Crippen LogP contribution in [0.3, 0.4) is 0 Å². The molecule has 1 aromatic heterocycles. The molecule has 2 heterocycles. The summed E-state index contributed by atoms with van der Waals surface area (Å²) in [5.74, 6) is 0.114. The third kappa shape index (κ3) is 3.14. The summed E-state index contributed by atoms with van der Waals surface area (Å²) in [6.07, 6.45) is 2.86. The summed E-state index contributed by atoms with van der Waals surface area (Å²) in [6, 6.07) is 3.83. The van der Waals surface area contributed by atoms with Crippen molar-refractivity contribution in [2.45, 2.75) is 19.4 Å². The lowest BCUT2D eigenvalue weighted by molar-refractivity contribution is -0.135. The van der Waals surface area contributed by atoms with E-state index in [1.165, 1.54) is 0 Å². The third-order valence-electron chi connectivity index (χ3n) is 4.77. The Hall–Kier alpha value is -2.15. The number of amides is 2. The zero-order valence-corrected chi connectivity index (χ0v) is 13.4. The van der Waals surface area contributed by atoms with E-state index in [-0.39, 0.29) is 5.91 Å². The molecule has 1 saturated carbocycles. The average molecular weight is 317 g/mol. The molecule has 3 N–H and O–H groups in total. The third-order valence-corrected chi connectivity index (χ3v) is 4.77. The lowest BCUT2D eigenvalue weighted by atomic mass is 10.1. The molecule has 1 aromatic rings. The van der Waals surface area contributed by atoms with Gasteiger partial charge in [-0.3, -0.25) is 9.59 Å². The van der Waals surface area contributed by atoms with Crippen LogP contribution in [0.2, 0.25) is 0 Å².